The van der Waals surface area contributed by atoms with Gasteiger partial charge < -0.3 is 5.11 Å². The number of alkyl halides is 6. The van der Waals surface area contributed by atoms with E-state index in [4.69, 9.17) is 0 Å². The number of hydrogen-bond donors (Lipinski definition) is 1. The fraction of sp³-hybridized carbons (Fsp3) is 0.417. The molecule has 1 rings (SSSR count). The molecule has 0 saturated carbocycles. The summed E-state index contributed by atoms with van der Waals surface area (Å²) in [5.41, 5.74) is -6.67. The maximum atomic E-state index is 12.7. The van der Waals surface area contributed by atoms with E-state index in [1.54, 1.807) is 0 Å². The summed E-state index contributed by atoms with van der Waals surface area (Å²) in [6.07, 6.45) is -11.9. The van der Waals surface area contributed by atoms with Crippen LogP contribution >= 0.6 is 0 Å². The molecular weight excluding hydrogens is 320 g/mol. The maximum Gasteiger partial charge on any atom is 0.430 e. The molecule has 1 aromatic rings. The minimum absolute atomic E-state index is 0.209. The van der Waals surface area contributed by atoms with Gasteiger partial charge in [-0.2, -0.15) is 26.3 Å². The SMILES string of the molecule is CON(C)C(=O)c1ccc(C(O)(C(F)(F)F)C(F)(F)F)cc1. The van der Waals surface area contributed by atoms with Gasteiger partial charge in [0.15, 0.2) is 0 Å². The summed E-state index contributed by atoms with van der Waals surface area (Å²) in [4.78, 5) is 16.2. The van der Waals surface area contributed by atoms with Gasteiger partial charge in [-0.3, -0.25) is 9.63 Å². The van der Waals surface area contributed by atoms with Crippen molar-refractivity contribution in [3.63, 3.8) is 0 Å². The summed E-state index contributed by atoms with van der Waals surface area (Å²) < 4.78 is 76.0. The van der Waals surface area contributed by atoms with Crippen LogP contribution in [0.3, 0.4) is 0 Å². The first-order chi connectivity index (χ1) is 9.86. The van der Waals surface area contributed by atoms with Crippen molar-refractivity contribution >= 4 is 5.91 Å². The van der Waals surface area contributed by atoms with Gasteiger partial charge in [-0.05, 0) is 12.1 Å². The molecule has 0 aromatic heterocycles. The van der Waals surface area contributed by atoms with E-state index >= 15 is 0 Å². The Bertz CT molecular complexity index is 523. The fourth-order valence-corrected chi connectivity index (χ4v) is 1.61. The van der Waals surface area contributed by atoms with Crippen LogP contribution in [-0.2, 0) is 10.4 Å². The van der Waals surface area contributed by atoms with Crippen LogP contribution in [0.15, 0.2) is 24.3 Å². The Labute approximate surface area is 120 Å². The van der Waals surface area contributed by atoms with Gasteiger partial charge >= 0.3 is 12.4 Å². The fourth-order valence-electron chi connectivity index (χ4n) is 1.61. The van der Waals surface area contributed by atoms with Crippen LogP contribution in [-0.4, -0.2) is 42.6 Å². The number of rotatable bonds is 3. The summed E-state index contributed by atoms with van der Waals surface area (Å²) in [7, 11) is 2.36. The molecule has 0 aliphatic rings. The Kier molecular flexibility index (Phi) is 4.78. The van der Waals surface area contributed by atoms with Gasteiger partial charge in [0.2, 0.25) is 0 Å². The first-order valence-corrected chi connectivity index (χ1v) is 5.64. The Balaban J connectivity index is 3.30. The van der Waals surface area contributed by atoms with Crippen LogP contribution in [0.5, 0.6) is 0 Å². The molecule has 0 saturated heterocycles. The molecule has 0 bridgehead atoms. The third-order valence-corrected chi connectivity index (χ3v) is 2.93. The molecule has 0 fully saturated rings. The van der Waals surface area contributed by atoms with Crippen molar-refractivity contribution in [1.29, 1.82) is 0 Å². The monoisotopic (exact) mass is 331 g/mol. The van der Waals surface area contributed by atoms with Crippen molar-refractivity contribution in [3.05, 3.63) is 35.4 Å². The molecule has 0 spiro atoms. The molecule has 0 unspecified atom stereocenters. The molecule has 0 atom stereocenters. The lowest BCUT2D eigenvalue weighted by Crippen LogP contribution is -2.53. The van der Waals surface area contributed by atoms with E-state index in [2.05, 4.69) is 4.84 Å². The highest BCUT2D eigenvalue weighted by molar-refractivity contribution is 5.93. The van der Waals surface area contributed by atoms with Crippen LogP contribution in [0.1, 0.15) is 15.9 Å². The molecule has 10 heteroatoms. The molecule has 4 nitrogen and oxygen atoms in total. The molecule has 1 amide bonds. The van der Waals surface area contributed by atoms with Gasteiger partial charge in [0, 0.05) is 18.2 Å². The van der Waals surface area contributed by atoms with Crippen LogP contribution in [0.4, 0.5) is 26.3 Å². The number of benzene rings is 1. The van der Waals surface area contributed by atoms with Crippen LogP contribution < -0.4 is 0 Å². The highest BCUT2D eigenvalue weighted by Crippen LogP contribution is 2.49. The summed E-state index contributed by atoms with van der Waals surface area (Å²) in [6.45, 7) is 0. The topological polar surface area (TPSA) is 49.8 Å². The van der Waals surface area contributed by atoms with Gasteiger partial charge in [-0.15, -0.1) is 0 Å². The second kappa shape index (κ2) is 5.76. The number of carbonyl (C=O) groups is 1. The smallest absolute Gasteiger partial charge is 0.369 e. The van der Waals surface area contributed by atoms with Gasteiger partial charge in [-0.25, -0.2) is 5.06 Å². The van der Waals surface area contributed by atoms with Gasteiger partial charge in [0.25, 0.3) is 11.5 Å². The lowest BCUT2D eigenvalue weighted by molar-refractivity contribution is -0.376. The van der Waals surface area contributed by atoms with Crippen molar-refractivity contribution in [2.75, 3.05) is 14.2 Å². The minimum Gasteiger partial charge on any atom is -0.369 e. The van der Waals surface area contributed by atoms with E-state index in [9.17, 15) is 36.2 Å². The Morgan fingerprint density at radius 2 is 1.45 bits per heavy atom. The van der Waals surface area contributed by atoms with Gasteiger partial charge in [0.05, 0.1) is 7.11 Å². The van der Waals surface area contributed by atoms with Crippen molar-refractivity contribution < 1.29 is 41.1 Å². The molecule has 124 valence electrons. The molecule has 1 N–H and O–H groups in total. The number of carbonyl (C=O) groups excluding carboxylic acids is 1. The van der Waals surface area contributed by atoms with Crippen LogP contribution in [0.25, 0.3) is 0 Å². The van der Waals surface area contributed by atoms with Crippen molar-refractivity contribution in [1.82, 2.24) is 5.06 Å². The third-order valence-electron chi connectivity index (χ3n) is 2.93. The molecule has 0 aliphatic heterocycles. The second-order valence-electron chi connectivity index (χ2n) is 4.27. The molecule has 1 aromatic carbocycles. The Morgan fingerprint density at radius 3 is 1.77 bits per heavy atom. The van der Waals surface area contributed by atoms with E-state index in [1.165, 1.54) is 7.05 Å². The lowest BCUT2D eigenvalue weighted by atomic mass is 9.91. The number of amides is 1. The molecule has 0 heterocycles. The van der Waals surface area contributed by atoms with Crippen LogP contribution in [0.2, 0.25) is 0 Å². The average Bonchev–Trinajstić information content (AvgIpc) is 2.42. The zero-order valence-corrected chi connectivity index (χ0v) is 11.3. The van der Waals surface area contributed by atoms with E-state index in [0.717, 1.165) is 24.3 Å². The van der Waals surface area contributed by atoms with E-state index < -0.39 is 29.4 Å². The predicted octanol–water partition coefficient (Wildman–Crippen LogP) is 2.63. The summed E-state index contributed by atoms with van der Waals surface area (Å²) >= 11 is 0. The summed E-state index contributed by atoms with van der Waals surface area (Å²) in [6, 6.07) is 2.24. The highest BCUT2D eigenvalue weighted by Gasteiger charge is 2.71. The third kappa shape index (κ3) is 3.02. The lowest BCUT2D eigenvalue weighted by Gasteiger charge is -2.32. The number of hydrogen-bond acceptors (Lipinski definition) is 3. The predicted molar refractivity (Wildman–Crippen MR) is 61.6 cm³/mol. The number of aliphatic hydroxyl groups is 1. The van der Waals surface area contributed by atoms with Crippen molar-refractivity contribution in [2.24, 2.45) is 0 Å². The van der Waals surface area contributed by atoms with E-state index in [1.807, 2.05) is 0 Å². The Morgan fingerprint density at radius 1 is 1.05 bits per heavy atom. The van der Waals surface area contributed by atoms with Crippen molar-refractivity contribution in [2.45, 2.75) is 18.0 Å². The minimum atomic E-state index is -5.97. The number of nitrogens with zero attached hydrogens (tertiary/aromatic N) is 1. The van der Waals surface area contributed by atoms with E-state index in [-0.39, 0.29) is 5.56 Å². The first kappa shape index (κ1) is 18.2. The normalized spacial score (nSPS) is 13.1. The van der Waals surface area contributed by atoms with Gasteiger partial charge in [0.1, 0.15) is 0 Å². The second-order valence-corrected chi connectivity index (χ2v) is 4.27. The number of hydroxylamine groups is 2. The summed E-state index contributed by atoms with van der Waals surface area (Å²) in [5, 5.41) is 9.90. The van der Waals surface area contributed by atoms with Gasteiger partial charge in [-0.1, -0.05) is 12.1 Å². The highest BCUT2D eigenvalue weighted by atomic mass is 19.4. The number of halogens is 6. The maximum absolute atomic E-state index is 12.7. The van der Waals surface area contributed by atoms with E-state index in [0.29, 0.717) is 12.1 Å². The summed E-state index contributed by atoms with van der Waals surface area (Å²) in [5.74, 6) is -0.781. The first-order valence-electron chi connectivity index (χ1n) is 5.64. The zero-order valence-electron chi connectivity index (χ0n) is 11.3. The average molecular weight is 331 g/mol. The standard InChI is InChI=1S/C12H11F6NO3/c1-19(22-2)9(20)7-3-5-8(6-4-7)10(21,11(13,14)15)12(16,17)18/h3-6,21H,1-2H3. The molecule has 0 radical (unpaired) electrons. The van der Waals surface area contributed by atoms with Crippen molar-refractivity contribution in [3.8, 4) is 0 Å². The molecular formula is C12H11F6NO3. The molecule has 22 heavy (non-hydrogen) atoms. The largest absolute Gasteiger partial charge is 0.430 e. The Hall–Kier alpha value is -1.81. The molecule has 0 aliphatic carbocycles. The van der Waals surface area contributed by atoms with Crippen LogP contribution in [0, 0.1) is 0 Å². The zero-order chi connectivity index (χ0) is 17.3. The quantitative estimate of drug-likeness (QED) is 0.684.